The second-order valence-electron chi connectivity index (χ2n) is 5.19. The predicted molar refractivity (Wildman–Crippen MR) is 65.9 cm³/mol. The summed E-state index contributed by atoms with van der Waals surface area (Å²) >= 11 is 0. The molecule has 92 valence electrons. The molecule has 2 rings (SSSR count). The van der Waals surface area contributed by atoms with Crippen LogP contribution in [-0.4, -0.2) is 18.8 Å². The van der Waals surface area contributed by atoms with Crippen LogP contribution in [-0.2, 0) is 4.74 Å². The molecule has 1 unspecified atom stereocenters. The predicted octanol–water partition coefficient (Wildman–Crippen LogP) is 2.28. The fraction of sp³-hybridized carbons (Fsp3) is 0.846. The van der Waals surface area contributed by atoms with Crippen molar-refractivity contribution in [3.05, 3.63) is 11.6 Å². The summed E-state index contributed by atoms with van der Waals surface area (Å²) in [5.41, 5.74) is 4.59. The van der Waals surface area contributed by atoms with E-state index in [1.807, 2.05) is 7.11 Å². The van der Waals surface area contributed by atoms with Crippen molar-refractivity contribution in [1.29, 1.82) is 0 Å². The lowest BCUT2D eigenvalue weighted by Crippen LogP contribution is -2.48. The number of rotatable bonds is 5. The number of hydrazine groups is 1. The van der Waals surface area contributed by atoms with Gasteiger partial charge in [-0.1, -0.05) is 11.6 Å². The lowest BCUT2D eigenvalue weighted by Gasteiger charge is -2.43. The molecule has 2 aliphatic rings. The molecule has 0 aromatic rings. The Labute approximate surface area is 98.4 Å². The molecule has 0 amide bonds. The Morgan fingerprint density at radius 2 is 2.25 bits per heavy atom. The lowest BCUT2D eigenvalue weighted by molar-refractivity contribution is -0.0816. The van der Waals surface area contributed by atoms with Crippen LogP contribution >= 0.6 is 0 Å². The summed E-state index contributed by atoms with van der Waals surface area (Å²) < 4.78 is 5.67. The molecule has 0 spiro atoms. The number of hydrogen-bond donors (Lipinski definition) is 2. The highest BCUT2D eigenvalue weighted by atomic mass is 16.5. The fourth-order valence-electron chi connectivity index (χ4n) is 2.91. The van der Waals surface area contributed by atoms with Crippen LogP contribution in [0.5, 0.6) is 0 Å². The van der Waals surface area contributed by atoms with E-state index in [9.17, 15) is 0 Å². The second kappa shape index (κ2) is 5.30. The van der Waals surface area contributed by atoms with Gasteiger partial charge < -0.3 is 4.74 Å². The van der Waals surface area contributed by atoms with E-state index < -0.39 is 0 Å². The van der Waals surface area contributed by atoms with Crippen LogP contribution < -0.4 is 11.3 Å². The van der Waals surface area contributed by atoms with Crippen molar-refractivity contribution >= 4 is 0 Å². The van der Waals surface area contributed by atoms with Crippen LogP contribution in [0.3, 0.4) is 0 Å². The van der Waals surface area contributed by atoms with Crippen LogP contribution in [0.25, 0.3) is 0 Å². The largest absolute Gasteiger partial charge is 0.378 e. The topological polar surface area (TPSA) is 47.3 Å². The molecule has 2 aliphatic carbocycles. The van der Waals surface area contributed by atoms with E-state index >= 15 is 0 Å². The molecule has 3 nitrogen and oxygen atoms in total. The van der Waals surface area contributed by atoms with Gasteiger partial charge >= 0.3 is 0 Å². The SMILES string of the molecule is COC1(CC(NN)C2=CCCCC2)CCC1. The minimum atomic E-state index is 0.106. The van der Waals surface area contributed by atoms with Crippen molar-refractivity contribution in [3.63, 3.8) is 0 Å². The molecule has 0 radical (unpaired) electrons. The van der Waals surface area contributed by atoms with Gasteiger partial charge in [0.15, 0.2) is 0 Å². The summed E-state index contributed by atoms with van der Waals surface area (Å²) in [6.07, 6.45) is 12.1. The molecule has 0 bridgehead atoms. The van der Waals surface area contributed by atoms with Gasteiger partial charge in [-0.2, -0.15) is 0 Å². The van der Waals surface area contributed by atoms with Gasteiger partial charge in [0.2, 0.25) is 0 Å². The number of ether oxygens (including phenoxy) is 1. The van der Waals surface area contributed by atoms with Gasteiger partial charge in [-0.05, 0) is 51.4 Å². The molecular formula is C13H24N2O. The summed E-state index contributed by atoms with van der Waals surface area (Å²) in [4.78, 5) is 0. The minimum absolute atomic E-state index is 0.106. The normalized spacial score (nSPS) is 25.8. The van der Waals surface area contributed by atoms with E-state index in [1.165, 1.54) is 50.5 Å². The zero-order valence-electron chi connectivity index (χ0n) is 10.3. The summed E-state index contributed by atoms with van der Waals surface area (Å²) in [6, 6.07) is 0.320. The third kappa shape index (κ3) is 2.47. The summed E-state index contributed by atoms with van der Waals surface area (Å²) in [6.45, 7) is 0. The van der Waals surface area contributed by atoms with Gasteiger partial charge in [0.05, 0.1) is 5.60 Å². The van der Waals surface area contributed by atoms with Gasteiger partial charge in [-0.25, -0.2) is 0 Å². The van der Waals surface area contributed by atoms with Crippen molar-refractivity contribution < 1.29 is 4.74 Å². The maximum absolute atomic E-state index is 5.70. The standard InChI is InChI=1S/C13H24N2O/c1-16-13(8-5-9-13)10-12(15-14)11-6-3-2-4-7-11/h6,12,15H,2-5,7-10,14H2,1H3. The Morgan fingerprint density at radius 3 is 2.69 bits per heavy atom. The third-order valence-electron chi connectivity index (χ3n) is 4.25. The maximum atomic E-state index is 5.70. The number of allylic oxidation sites excluding steroid dienone is 1. The Balaban J connectivity index is 1.96. The minimum Gasteiger partial charge on any atom is -0.378 e. The van der Waals surface area contributed by atoms with Gasteiger partial charge in [-0.3, -0.25) is 11.3 Å². The van der Waals surface area contributed by atoms with Crippen LogP contribution in [0.2, 0.25) is 0 Å². The van der Waals surface area contributed by atoms with Gasteiger partial charge in [0.1, 0.15) is 0 Å². The monoisotopic (exact) mass is 224 g/mol. The second-order valence-corrected chi connectivity index (χ2v) is 5.19. The van der Waals surface area contributed by atoms with E-state index in [2.05, 4.69) is 11.5 Å². The maximum Gasteiger partial charge on any atom is 0.0697 e. The molecular weight excluding hydrogens is 200 g/mol. The molecule has 0 aromatic heterocycles. The van der Waals surface area contributed by atoms with Crippen LogP contribution in [0.15, 0.2) is 11.6 Å². The first-order valence-corrected chi connectivity index (χ1v) is 6.50. The Bertz CT molecular complexity index is 253. The van der Waals surface area contributed by atoms with Gasteiger partial charge in [0, 0.05) is 13.2 Å². The molecule has 1 fully saturated rings. The molecule has 0 heterocycles. The Morgan fingerprint density at radius 1 is 1.44 bits per heavy atom. The number of nitrogens with one attached hydrogen (secondary N) is 1. The van der Waals surface area contributed by atoms with E-state index in [1.54, 1.807) is 0 Å². The lowest BCUT2D eigenvalue weighted by atomic mass is 9.74. The number of hydrogen-bond acceptors (Lipinski definition) is 3. The van der Waals surface area contributed by atoms with E-state index in [0.29, 0.717) is 6.04 Å². The van der Waals surface area contributed by atoms with Crippen molar-refractivity contribution in [2.45, 2.75) is 63.0 Å². The van der Waals surface area contributed by atoms with E-state index in [4.69, 9.17) is 10.6 Å². The van der Waals surface area contributed by atoms with Gasteiger partial charge in [-0.15, -0.1) is 0 Å². The molecule has 3 heteroatoms. The molecule has 3 N–H and O–H groups in total. The Kier molecular flexibility index (Phi) is 4.00. The summed E-state index contributed by atoms with van der Waals surface area (Å²) in [5, 5.41) is 0. The first-order valence-electron chi connectivity index (χ1n) is 6.50. The number of nitrogens with two attached hydrogens (primary N) is 1. The summed E-state index contributed by atoms with van der Waals surface area (Å²) in [5.74, 6) is 5.70. The van der Waals surface area contributed by atoms with Crippen molar-refractivity contribution in [3.8, 4) is 0 Å². The summed E-state index contributed by atoms with van der Waals surface area (Å²) in [7, 11) is 1.84. The van der Waals surface area contributed by atoms with Crippen LogP contribution in [0, 0.1) is 0 Å². The van der Waals surface area contributed by atoms with Crippen molar-refractivity contribution in [2.24, 2.45) is 5.84 Å². The van der Waals surface area contributed by atoms with Crippen LogP contribution in [0.1, 0.15) is 51.4 Å². The van der Waals surface area contributed by atoms with E-state index in [0.717, 1.165) is 6.42 Å². The zero-order valence-corrected chi connectivity index (χ0v) is 10.3. The smallest absolute Gasteiger partial charge is 0.0697 e. The van der Waals surface area contributed by atoms with Crippen LogP contribution in [0.4, 0.5) is 0 Å². The highest BCUT2D eigenvalue weighted by Gasteiger charge is 2.39. The average molecular weight is 224 g/mol. The first kappa shape index (κ1) is 12.1. The zero-order chi connectivity index (χ0) is 11.4. The van der Waals surface area contributed by atoms with Crippen molar-refractivity contribution in [2.75, 3.05) is 7.11 Å². The quantitative estimate of drug-likeness (QED) is 0.428. The molecule has 16 heavy (non-hydrogen) atoms. The molecule has 0 saturated heterocycles. The van der Waals surface area contributed by atoms with Gasteiger partial charge in [0.25, 0.3) is 0 Å². The average Bonchev–Trinajstić information content (AvgIpc) is 2.30. The molecule has 1 saturated carbocycles. The van der Waals surface area contributed by atoms with Crippen molar-refractivity contribution in [1.82, 2.24) is 5.43 Å². The molecule has 0 aliphatic heterocycles. The third-order valence-corrected chi connectivity index (χ3v) is 4.25. The highest BCUT2D eigenvalue weighted by molar-refractivity contribution is 5.15. The van der Waals surface area contributed by atoms with E-state index in [-0.39, 0.29) is 5.60 Å². The number of methoxy groups -OCH3 is 1. The highest BCUT2D eigenvalue weighted by Crippen LogP contribution is 2.40. The first-order chi connectivity index (χ1) is 7.79. The fourth-order valence-corrected chi connectivity index (χ4v) is 2.91. The molecule has 0 aromatic carbocycles. The molecule has 1 atom stereocenters. The Hall–Kier alpha value is -0.380.